The highest BCUT2D eigenvalue weighted by Crippen LogP contribution is 2.28. The fourth-order valence-electron chi connectivity index (χ4n) is 3.04. The van der Waals surface area contributed by atoms with Crippen LogP contribution in [0, 0.1) is 5.92 Å². The van der Waals surface area contributed by atoms with Gasteiger partial charge in [0.1, 0.15) is 5.82 Å². The Balaban J connectivity index is 1.67. The molecule has 0 aromatic carbocycles. The molecule has 0 spiro atoms. The zero-order valence-electron chi connectivity index (χ0n) is 10.5. The van der Waals surface area contributed by atoms with Gasteiger partial charge in [0.2, 0.25) is 0 Å². The second-order valence-corrected chi connectivity index (χ2v) is 5.61. The van der Waals surface area contributed by atoms with Gasteiger partial charge >= 0.3 is 0 Å². The van der Waals surface area contributed by atoms with Crippen molar-refractivity contribution < 1.29 is 0 Å². The third-order valence-electron chi connectivity index (χ3n) is 4.11. The van der Waals surface area contributed by atoms with Crippen LogP contribution in [-0.4, -0.2) is 24.6 Å². The molecule has 92 valence electrons. The average molecular weight is 231 g/mol. The second-order valence-electron chi connectivity index (χ2n) is 5.61. The number of aryl methyl sites for hydroxylation is 2. The Morgan fingerprint density at radius 1 is 1.35 bits per heavy atom. The molecular weight excluding hydrogens is 210 g/mol. The number of nitrogens with two attached hydrogens (primary N) is 1. The molecule has 1 heterocycles. The summed E-state index contributed by atoms with van der Waals surface area (Å²) in [6, 6.07) is 4.87. The van der Waals surface area contributed by atoms with Crippen LogP contribution in [0.5, 0.6) is 0 Å². The summed E-state index contributed by atoms with van der Waals surface area (Å²) >= 11 is 0. The van der Waals surface area contributed by atoms with Crippen LogP contribution >= 0.6 is 0 Å². The van der Waals surface area contributed by atoms with E-state index in [1.807, 2.05) is 0 Å². The number of pyridine rings is 1. The summed E-state index contributed by atoms with van der Waals surface area (Å²) in [5.74, 6) is 1.90. The van der Waals surface area contributed by atoms with Crippen molar-refractivity contribution in [3.63, 3.8) is 0 Å². The molecule has 1 aromatic heterocycles. The quantitative estimate of drug-likeness (QED) is 0.861. The first kappa shape index (κ1) is 11.0. The summed E-state index contributed by atoms with van der Waals surface area (Å²) in [5.41, 5.74) is 8.59. The summed E-state index contributed by atoms with van der Waals surface area (Å²) < 4.78 is 0. The zero-order valence-corrected chi connectivity index (χ0v) is 10.5. The van der Waals surface area contributed by atoms with E-state index in [-0.39, 0.29) is 0 Å². The monoisotopic (exact) mass is 231 g/mol. The van der Waals surface area contributed by atoms with Crippen molar-refractivity contribution in [3.8, 4) is 0 Å². The highest BCUT2D eigenvalue weighted by atomic mass is 15.2. The van der Waals surface area contributed by atoms with Crippen molar-refractivity contribution in [2.45, 2.75) is 38.1 Å². The maximum Gasteiger partial charge on any atom is 0.128 e. The lowest BCUT2D eigenvalue weighted by Gasteiger charge is -2.35. The normalized spacial score (nSPS) is 26.5. The smallest absolute Gasteiger partial charge is 0.128 e. The fraction of sp³-hybridized carbons (Fsp3) is 0.643. The van der Waals surface area contributed by atoms with Gasteiger partial charge in [-0.25, -0.2) is 4.98 Å². The SMILES string of the molecule is CN(CC1CC(N)C1)c1ccc2c(n1)CCC2. The zero-order chi connectivity index (χ0) is 11.8. The molecule has 2 N–H and O–H groups in total. The molecule has 0 saturated heterocycles. The number of aromatic nitrogens is 1. The molecule has 0 unspecified atom stereocenters. The second kappa shape index (κ2) is 4.30. The van der Waals surface area contributed by atoms with Gasteiger partial charge < -0.3 is 10.6 Å². The summed E-state index contributed by atoms with van der Waals surface area (Å²) in [7, 11) is 2.15. The van der Waals surface area contributed by atoms with Crippen LogP contribution < -0.4 is 10.6 Å². The molecule has 3 heteroatoms. The Morgan fingerprint density at radius 2 is 2.18 bits per heavy atom. The molecular formula is C14H21N3. The Kier molecular flexibility index (Phi) is 2.79. The van der Waals surface area contributed by atoms with E-state index in [1.54, 1.807) is 0 Å². The lowest BCUT2D eigenvalue weighted by molar-refractivity contribution is 0.270. The van der Waals surface area contributed by atoms with Gasteiger partial charge in [0, 0.05) is 25.3 Å². The number of fused-ring (bicyclic) bond motifs is 1. The van der Waals surface area contributed by atoms with E-state index in [2.05, 4.69) is 24.1 Å². The van der Waals surface area contributed by atoms with E-state index < -0.39 is 0 Å². The summed E-state index contributed by atoms with van der Waals surface area (Å²) in [5, 5.41) is 0. The standard InChI is InChI=1S/C14H21N3/c1-17(9-10-7-12(15)8-10)14-6-5-11-3-2-4-13(11)16-14/h5-6,10,12H,2-4,7-9,15H2,1H3. The lowest BCUT2D eigenvalue weighted by Crippen LogP contribution is -2.42. The van der Waals surface area contributed by atoms with Crippen molar-refractivity contribution in [2.24, 2.45) is 11.7 Å². The number of nitrogens with zero attached hydrogens (tertiary/aromatic N) is 2. The molecule has 0 atom stereocenters. The summed E-state index contributed by atoms with van der Waals surface area (Å²) in [6.45, 7) is 1.10. The Bertz CT molecular complexity index is 410. The molecule has 0 amide bonds. The highest BCUT2D eigenvalue weighted by Gasteiger charge is 2.27. The van der Waals surface area contributed by atoms with E-state index >= 15 is 0 Å². The van der Waals surface area contributed by atoms with Gasteiger partial charge in [0.15, 0.2) is 0 Å². The van der Waals surface area contributed by atoms with Gasteiger partial charge in [0.25, 0.3) is 0 Å². The number of rotatable bonds is 3. The van der Waals surface area contributed by atoms with Gasteiger partial charge in [-0.15, -0.1) is 0 Å². The topological polar surface area (TPSA) is 42.1 Å². The molecule has 0 aliphatic heterocycles. The van der Waals surface area contributed by atoms with Gasteiger partial charge in [-0.1, -0.05) is 6.07 Å². The first-order valence-electron chi connectivity index (χ1n) is 6.68. The van der Waals surface area contributed by atoms with Crippen LogP contribution in [0.15, 0.2) is 12.1 Å². The number of hydrogen-bond donors (Lipinski definition) is 1. The van der Waals surface area contributed by atoms with Crippen molar-refractivity contribution in [3.05, 3.63) is 23.4 Å². The summed E-state index contributed by atoms with van der Waals surface area (Å²) in [4.78, 5) is 7.07. The largest absolute Gasteiger partial charge is 0.359 e. The van der Waals surface area contributed by atoms with Crippen molar-refractivity contribution in [1.29, 1.82) is 0 Å². The third kappa shape index (κ3) is 2.16. The van der Waals surface area contributed by atoms with Gasteiger partial charge in [0.05, 0.1) is 0 Å². The molecule has 0 radical (unpaired) electrons. The van der Waals surface area contributed by atoms with Crippen molar-refractivity contribution in [2.75, 3.05) is 18.5 Å². The molecule has 3 nitrogen and oxygen atoms in total. The molecule has 2 aliphatic rings. The molecule has 17 heavy (non-hydrogen) atoms. The third-order valence-corrected chi connectivity index (χ3v) is 4.11. The Hall–Kier alpha value is -1.09. The van der Waals surface area contributed by atoms with E-state index in [0.717, 1.165) is 24.7 Å². The average Bonchev–Trinajstić information content (AvgIpc) is 2.73. The van der Waals surface area contributed by atoms with Crippen LogP contribution in [0.3, 0.4) is 0 Å². The Labute approximate surface area is 103 Å². The first-order chi connectivity index (χ1) is 8.22. The van der Waals surface area contributed by atoms with E-state index in [4.69, 9.17) is 10.7 Å². The number of anilines is 1. The van der Waals surface area contributed by atoms with Gasteiger partial charge in [-0.2, -0.15) is 0 Å². The lowest BCUT2D eigenvalue weighted by atomic mass is 9.80. The molecule has 0 bridgehead atoms. The molecule has 1 fully saturated rings. The van der Waals surface area contributed by atoms with Gasteiger partial charge in [-0.05, 0) is 49.7 Å². The predicted octanol–water partition coefficient (Wildman–Crippen LogP) is 1.74. The minimum Gasteiger partial charge on any atom is -0.359 e. The highest BCUT2D eigenvalue weighted by molar-refractivity contribution is 5.42. The molecule has 1 aromatic rings. The minimum atomic E-state index is 0.446. The molecule has 3 rings (SSSR count). The molecule has 2 aliphatic carbocycles. The van der Waals surface area contributed by atoms with E-state index in [9.17, 15) is 0 Å². The maximum absolute atomic E-state index is 5.82. The Morgan fingerprint density at radius 3 is 2.94 bits per heavy atom. The first-order valence-corrected chi connectivity index (χ1v) is 6.68. The predicted molar refractivity (Wildman–Crippen MR) is 70.2 cm³/mol. The minimum absolute atomic E-state index is 0.446. The molecule has 1 saturated carbocycles. The van der Waals surface area contributed by atoms with Gasteiger partial charge in [-0.3, -0.25) is 0 Å². The fourth-order valence-corrected chi connectivity index (χ4v) is 3.04. The van der Waals surface area contributed by atoms with Crippen LogP contribution in [-0.2, 0) is 12.8 Å². The maximum atomic E-state index is 5.82. The van der Waals surface area contributed by atoms with E-state index in [0.29, 0.717) is 6.04 Å². The van der Waals surface area contributed by atoms with Crippen molar-refractivity contribution >= 4 is 5.82 Å². The number of hydrogen-bond acceptors (Lipinski definition) is 3. The summed E-state index contributed by atoms with van der Waals surface area (Å²) in [6.07, 6.45) is 5.99. The van der Waals surface area contributed by atoms with Crippen LogP contribution in [0.4, 0.5) is 5.82 Å². The van der Waals surface area contributed by atoms with Crippen LogP contribution in [0.1, 0.15) is 30.5 Å². The van der Waals surface area contributed by atoms with E-state index in [1.165, 1.54) is 36.9 Å². The van der Waals surface area contributed by atoms with Crippen LogP contribution in [0.25, 0.3) is 0 Å². The van der Waals surface area contributed by atoms with Crippen molar-refractivity contribution in [1.82, 2.24) is 4.98 Å². The van der Waals surface area contributed by atoms with Crippen LogP contribution in [0.2, 0.25) is 0 Å².